The van der Waals surface area contributed by atoms with Gasteiger partial charge in [0, 0.05) is 18.5 Å². The molecule has 4 heterocycles. The number of nitrogens with one attached hydrogen (secondary N) is 2. The maximum atomic E-state index is 12.9. The summed E-state index contributed by atoms with van der Waals surface area (Å²) in [7, 11) is -3.78. The molecule has 2 aliphatic rings. The first kappa shape index (κ1) is 25.9. The van der Waals surface area contributed by atoms with Crippen LogP contribution >= 0.6 is 11.3 Å². The topological polar surface area (TPSA) is 137 Å². The zero-order valence-electron chi connectivity index (χ0n) is 20.4. The van der Waals surface area contributed by atoms with Gasteiger partial charge in [0.25, 0.3) is 21.2 Å². The van der Waals surface area contributed by atoms with E-state index in [1.165, 1.54) is 9.69 Å². The monoisotopic (exact) mass is 541 g/mol. The molecule has 2 aliphatic heterocycles. The van der Waals surface area contributed by atoms with Crippen molar-refractivity contribution in [2.24, 2.45) is 14.2 Å². The van der Waals surface area contributed by atoms with Gasteiger partial charge in [-0.1, -0.05) is 34.6 Å². The Hall–Kier alpha value is -2.22. The predicted octanol–water partition coefficient (Wildman–Crippen LogP) is 4.13. The van der Waals surface area contributed by atoms with Crippen molar-refractivity contribution < 1.29 is 22.2 Å². The fourth-order valence-corrected chi connectivity index (χ4v) is 7.41. The molecule has 2 aromatic rings. The van der Waals surface area contributed by atoms with Crippen LogP contribution in [-0.4, -0.2) is 46.8 Å². The van der Waals surface area contributed by atoms with E-state index in [0.29, 0.717) is 24.8 Å². The van der Waals surface area contributed by atoms with Crippen LogP contribution in [0.25, 0.3) is 0 Å². The van der Waals surface area contributed by atoms with E-state index >= 15 is 0 Å². The smallest absolute Gasteiger partial charge is 0.269 e. The number of furan rings is 1. The van der Waals surface area contributed by atoms with Crippen molar-refractivity contribution in [3.05, 3.63) is 29.0 Å². The molecule has 13 heteroatoms. The van der Waals surface area contributed by atoms with E-state index in [9.17, 15) is 17.7 Å². The molecule has 0 aliphatic carbocycles. The van der Waals surface area contributed by atoms with Crippen LogP contribution in [0.1, 0.15) is 70.7 Å². The minimum Gasteiger partial charge on any atom is -0.504 e. The normalized spacial score (nSPS) is 20.2. The minimum absolute atomic E-state index is 0.127. The van der Waals surface area contributed by atoms with Gasteiger partial charge in [-0.05, 0) is 35.8 Å². The zero-order chi connectivity index (χ0) is 25.5. The molecule has 0 bridgehead atoms. The largest absolute Gasteiger partial charge is 0.504 e. The number of anilines is 1. The Kier molecular flexibility index (Phi) is 7.15. The van der Waals surface area contributed by atoms with Crippen molar-refractivity contribution in [1.29, 1.82) is 0 Å². The number of nitrogens with zero attached hydrogens (tertiary/aromatic N) is 3. The van der Waals surface area contributed by atoms with Crippen molar-refractivity contribution in [3.8, 4) is 5.75 Å². The number of thiophene rings is 1. The van der Waals surface area contributed by atoms with E-state index in [1.807, 2.05) is 26.8 Å². The summed E-state index contributed by atoms with van der Waals surface area (Å²) in [6, 6.07) is 1.67. The van der Waals surface area contributed by atoms with Crippen molar-refractivity contribution in [1.82, 2.24) is 9.62 Å². The van der Waals surface area contributed by atoms with Crippen molar-refractivity contribution in [3.63, 3.8) is 0 Å². The third-order valence-electron chi connectivity index (χ3n) is 5.93. The number of aromatic hydroxyl groups is 1. The highest BCUT2D eigenvalue weighted by molar-refractivity contribution is 7.91. The highest BCUT2D eigenvalue weighted by Gasteiger charge is 2.35. The fourth-order valence-electron chi connectivity index (χ4n) is 3.89. The molecule has 2 aromatic heterocycles. The summed E-state index contributed by atoms with van der Waals surface area (Å²) in [5.74, 6) is 1.00. The zero-order valence-corrected chi connectivity index (χ0v) is 22.8. The second-order valence-corrected chi connectivity index (χ2v) is 13.9. The predicted molar refractivity (Wildman–Crippen MR) is 139 cm³/mol. The summed E-state index contributed by atoms with van der Waals surface area (Å²) in [4.78, 5) is 0. The molecule has 1 saturated heterocycles. The van der Waals surface area contributed by atoms with E-state index in [1.54, 1.807) is 6.26 Å². The molecule has 192 valence electrons. The SMILES string of the molecule is CC(C)c1coc(C(NC2=NS(=O)N=C2Nc2csc(S(=O)(=O)N3CCCC3)c2O)C(C)(C)C)c1. The van der Waals surface area contributed by atoms with Crippen LogP contribution in [0.2, 0.25) is 0 Å². The molecule has 0 aromatic carbocycles. The van der Waals surface area contributed by atoms with Crippen LogP contribution in [-0.2, 0) is 21.2 Å². The van der Waals surface area contributed by atoms with E-state index < -0.39 is 21.2 Å². The molecule has 2 unspecified atom stereocenters. The third-order valence-corrected chi connectivity index (χ3v) is 9.99. The van der Waals surface area contributed by atoms with E-state index in [0.717, 1.165) is 29.7 Å². The summed E-state index contributed by atoms with van der Waals surface area (Å²) in [6.07, 6.45) is 3.33. The number of sulfonamides is 1. The Morgan fingerprint density at radius 1 is 1.20 bits per heavy atom. The van der Waals surface area contributed by atoms with Crippen molar-refractivity contribution in [2.75, 3.05) is 18.4 Å². The Morgan fingerprint density at radius 2 is 1.86 bits per heavy atom. The highest BCUT2D eigenvalue weighted by Crippen LogP contribution is 2.40. The molecule has 2 atom stereocenters. The average molecular weight is 542 g/mol. The van der Waals surface area contributed by atoms with Gasteiger partial charge in [-0.25, -0.2) is 12.6 Å². The van der Waals surface area contributed by atoms with Crippen LogP contribution < -0.4 is 10.6 Å². The number of hydrogen-bond acceptors (Lipinski definition) is 8. The molecule has 3 N–H and O–H groups in total. The second kappa shape index (κ2) is 9.68. The van der Waals surface area contributed by atoms with Gasteiger partial charge in [0.05, 0.1) is 18.0 Å². The van der Waals surface area contributed by atoms with Gasteiger partial charge in [0.1, 0.15) is 5.76 Å². The Bertz CT molecular complexity index is 1280. The summed E-state index contributed by atoms with van der Waals surface area (Å²) in [6.45, 7) is 11.2. The van der Waals surface area contributed by atoms with Gasteiger partial charge < -0.3 is 20.2 Å². The van der Waals surface area contributed by atoms with Crippen LogP contribution in [0.15, 0.2) is 35.1 Å². The highest BCUT2D eigenvalue weighted by atomic mass is 32.2. The molecule has 1 fully saturated rings. The Labute approximate surface area is 212 Å². The molecule has 0 radical (unpaired) electrons. The maximum absolute atomic E-state index is 12.9. The summed E-state index contributed by atoms with van der Waals surface area (Å²) >= 11 is -0.934. The van der Waals surface area contributed by atoms with Crippen molar-refractivity contribution >= 4 is 49.9 Å². The quantitative estimate of drug-likeness (QED) is 0.500. The standard InChI is InChI=1S/C22H31N5O5S3/c1-13(2)14-10-16(32-11-14)18(22(3,4)5)24-20-19(25-34(29)26-20)23-15-12-33-21(17(15)28)35(30,31)27-8-6-7-9-27/h10-13,18,28H,6-9H2,1-5H3,(H,23,25)(H,24,26). The van der Waals surface area contributed by atoms with Crippen LogP contribution in [0.4, 0.5) is 5.69 Å². The van der Waals surface area contributed by atoms with Crippen LogP contribution in [0.5, 0.6) is 5.75 Å². The van der Waals surface area contributed by atoms with E-state index in [2.05, 4.69) is 33.3 Å². The first-order valence-corrected chi connectivity index (χ1v) is 14.8. The molecule has 0 amide bonds. The van der Waals surface area contributed by atoms with E-state index in [4.69, 9.17) is 4.42 Å². The van der Waals surface area contributed by atoms with Gasteiger partial charge in [-0.15, -0.1) is 20.1 Å². The lowest BCUT2D eigenvalue weighted by molar-refractivity contribution is 0.264. The first-order chi connectivity index (χ1) is 16.4. The lowest BCUT2D eigenvalue weighted by Gasteiger charge is -2.30. The maximum Gasteiger partial charge on any atom is 0.269 e. The van der Waals surface area contributed by atoms with Crippen LogP contribution in [0.3, 0.4) is 0 Å². The molecule has 0 spiro atoms. The van der Waals surface area contributed by atoms with Crippen molar-refractivity contribution in [2.45, 2.75) is 63.6 Å². The van der Waals surface area contributed by atoms with Gasteiger partial charge in [0.2, 0.25) is 0 Å². The summed E-state index contributed by atoms with van der Waals surface area (Å²) in [5, 5.41) is 18.4. The molecule has 35 heavy (non-hydrogen) atoms. The Balaban J connectivity index is 1.57. The molecule has 10 nitrogen and oxygen atoms in total. The number of hydrogen-bond donors (Lipinski definition) is 3. The molecular formula is C22H31N5O5S3. The van der Waals surface area contributed by atoms with Gasteiger partial charge >= 0.3 is 0 Å². The fraction of sp³-hybridized carbons (Fsp3) is 0.545. The molecule has 4 rings (SSSR count). The lowest BCUT2D eigenvalue weighted by atomic mass is 9.84. The van der Waals surface area contributed by atoms with Gasteiger partial charge in [-0.3, -0.25) is 0 Å². The Morgan fingerprint density at radius 3 is 2.46 bits per heavy atom. The lowest BCUT2D eigenvalue weighted by Crippen LogP contribution is -2.41. The molecular weight excluding hydrogens is 510 g/mol. The molecule has 0 saturated carbocycles. The van der Waals surface area contributed by atoms with Gasteiger partial charge in [0.15, 0.2) is 21.6 Å². The summed E-state index contributed by atoms with van der Waals surface area (Å²) < 4.78 is 53.3. The first-order valence-electron chi connectivity index (χ1n) is 11.4. The second-order valence-electron chi connectivity index (χ2n) is 10.0. The third kappa shape index (κ3) is 5.32. The number of rotatable bonds is 6. The van der Waals surface area contributed by atoms with Gasteiger partial charge in [-0.2, -0.15) is 4.31 Å². The summed E-state index contributed by atoms with van der Waals surface area (Å²) in [5.41, 5.74) is 0.924. The van der Waals surface area contributed by atoms with E-state index in [-0.39, 0.29) is 38.8 Å². The number of amidine groups is 2. The average Bonchev–Trinajstić information content (AvgIpc) is 3.54. The van der Waals surface area contributed by atoms with Crippen LogP contribution in [0, 0.1) is 5.41 Å². The minimum atomic E-state index is -3.78.